The summed E-state index contributed by atoms with van der Waals surface area (Å²) in [5.74, 6) is 0.790. The predicted octanol–water partition coefficient (Wildman–Crippen LogP) is 1.81. The second-order valence-corrected chi connectivity index (χ2v) is 4.27. The van der Waals surface area contributed by atoms with Crippen LogP contribution in [0.15, 0.2) is 30.3 Å². The Hall–Kier alpha value is -1.06. The van der Waals surface area contributed by atoms with E-state index in [0.717, 1.165) is 5.75 Å². The molecule has 16 heavy (non-hydrogen) atoms. The quantitative estimate of drug-likeness (QED) is 0.773. The van der Waals surface area contributed by atoms with E-state index in [1.807, 2.05) is 37.3 Å². The molecule has 0 spiro atoms. The predicted molar refractivity (Wildman–Crippen MR) is 65.7 cm³/mol. The van der Waals surface area contributed by atoms with E-state index in [2.05, 4.69) is 19.2 Å². The summed E-state index contributed by atoms with van der Waals surface area (Å²) in [7, 11) is 0. The second kappa shape index (κ2) is 6.51. The lowest BCUT2D eigenvalue weighted by Gasteiger charge is -2.21. The molecule has 0 aliphatic carbocycles. The lowest BCUT2D eigenvalue weighted by molar-refractivity contribution is 0.0464. The molecule has 0 fully saturated rings. The van der Waals surface area contributed by atoms with Crippen molar-refractivity contribution >= 4 is 0 Å². The molecule has 2 unspecified atom stereocenters. The van der Waals surface area contributed by atoms with Crippen molar-refractivity contribution in [3.05, 3.63) is 30.3 Å². The van der Waals surface area contributed by atoms with Gasteiger partial charge in [0.25, 0.3) is 0 Å². The van der Waals surface area contributed by atoms with Crippen LogP contribution in [0, 0.1) is 0 Å². The topological polar surface area (TPSA) is 41.5 Å². The summed E-state index contributed by atoms with van der Waals surface area (Å²) in [4.78, 5) is 0. The van der Waals surface area contributed by atoms with Crippen LogP contribution in [-0.4, -0.2) is 29.9 Å². The van der Waals surface area contributed by atoms with E-state index in [0.29, 0.717) is 12.6 Å². The van der Waals surface area contributed by atoms with Crippen molar-refractivity contribution in [2.24, 2.45) is 0 Å². The molecule has 0 heterocycles. The first-order chi connectivity index (χ1) is 7.59. The molecule has 0 aliphatic rings. The van der Waals surface area contributed by atoms with Gasteiger partial charge in [-0.25, -0.2) is 0 Å². The maximum atomic E-state index is 9.84. The fourth-order valence-corrected chi connectivity index (χ4v) is 1.31. The molecule has 0 amide bonds. The molecular formula is C13H21NO2. The summed E-state index contributed by atoms with van der Waals surface area (Å²) in [5.41, 5.74) is 0. The first-order valence-electron chi connectivity index (χ1n) is 5.72. The number of para-hydroxylation sites is 1. The second-order valence-electron chi connectivity index (χ2n) is 4.27. The first-order valence-corrected chi connectivity index (χ1v) is 5.72. The third-order valence-electron chi connectivity index (χ3n) is 2.34. The van der Waals surface area contributed by atoms with Gasteiger partial charge in [0.15, 0.2) is 0 Å². The summed E-state index contributed by atoms with van der Waals surface area (Å²) in [6.45, 7) is 6.52. The van der Waals surface area contributed by atoms with E-state index >= 15 is 0 Å². The molecule has 3 nitrogen and oxygen atoms in total. The number of hydrogen-bond donors (Lipinski definition) is 2. The van der Waals surface area contributed by atoms with Crippen molar-refractivity contribution in [1.29, 1.82) is 0 Å². The molecule has 1 aromatic carbocycles. The Labute approximate surface area is 97.4 Å². The Balaban J connectivity index is 2.37. The molecule has 0 saturated heterocycles. The number of benzene rings is 1. The van der Waals surface area contributed by atoms with Gasteiger partial charge in [0.1, 0.15) is 18.0 Å². The van der Waals surface area contributed by atoms with Gasteiger partial charge in [-0.1, -0.05) is 32.0 Å². The summed E-state index contributed by atoms with van der Waals surface area (Å²) in [6, 6.07) is 9.92. The van der Waals surface area contributed by atoms with Crippen molar-refractivity contribution < 1.29 is 9.84 Å². The average Bonchev–Trinajstić information content (AvgIpc) is 2.27. The largest absolute Gasteiger partial charge is 0.488 e. The van der Waals surface area contributed by atoms with Crippen LogP contribution in [0.1, 0.15) is 20.8 Å². The fraction of sp³-hybridized carbons (Fsp3) is 0.538. The lowest BCUT2D eigenvalue weighted by atomic mass is 10.2. The molecule has 1 aromatic rings. The van der Waals surface area contributed by atoms with E-state index in [9.17, 15) is 5.11 Å². The van der Waals surface area contributed by atoms with Crippen molar-refractivity contribution in [3.63, 3.8) is 0 Å². The monoisotopic (exact) mass is 223 g/mol. The highest BCUT2D eigenvalue weighted by atomic mass is 16.5. The van der Waals surface area contributed by atoms with E-state index < -0.39 is 6.10 Å². The minimum atomic E-state index is -0.498. The first kappa shape index (κ1) is 13.0. The Kier molecular flexibility index (Phi) is 5.29. The number of rotatable bonds is 6. The number of ether oxygens (including phenoxy) is 1. The molecule has 0 bridgehead atoms. The van der Waals surface area contributed by atoms with E-state index in [4.69, 9.17) is 4.74 Å². The third kappa shape index (κ3) is 4.64. The highest BCUT2D eigenvalue weighted by Crippen LogP contribution is 2.12. The van der Waals surface area contributed by atoms with Gasteiger partial charge in [-0.15, -0.1) is 0 Å². The summed E-state index contributed by atoms with van der Waals surface area (Å²) >= 11 is 0. The van der Waals surface area contributed by atoms with Gasteiger partial charge in [-0.2, -0.15) is 0 Å². The Morgan fingerprint density at radius 3 is 2.38 bits per heavy atom. The molecule has 2 N–H and O–H groups in total. The van der Waals surface area contributed by atoms with Gasteiger partial charge in [-0.05, 0) is 19.1 Å². The molecule has 3 heteroatoms. The van der Waals surface area contributed by atoms with Crippen LogP contribution in [0.2, 0.25) is 0 Å². The molecule has 0 aromatic heterocycles. The molecule has 0 aliphatic heterocycles. The molecule has 90 valence electrons. The normalized spacial score (nSPS) is 14.8. The van der Waals surface area contributed by atoms with Gasteiger partial charge in [0, 0.05) is 12.6 Å². The molecule has 0 radical (unpaired) electrons. The number of aliphatic hydroxyl groups excluding tert-OH is 1. The minimum absolute atomic E-state index is 0.214. The van der Waals surface area contributed by atoms with Gasteiger partial charge in [0.2, 0.25) is 0 Å². The van der Waals surface area contributed by atoms with E-state index in [-0.39, 0.29) is 6.10 Å². The summed E-state index contributed by atoms with van der Waals surface area (Å²) < 4.78 is 5.62. The third-order valence-corrected chi connectivity index (χ3v) is 2.34. The fourth-order valence-electron chi connectivity index (χ4n) is 1.31. The van der Waals surface area contributed by atoms with Crippen molar-refractivity contribution in [1.82, 2.24) is 5.32 Å². The maximum Gasteiger partial charge on any atom is 0.123 e. The zero-order valence-electron chi connectivity index (χ0n) is 10.2. The zero-order valence-corrected chi connectivity index (χ0v) is 10.2. The van der Waals surface area contributed by atoms with Gasteiger partial charge in [-0.3, -0.25) is 0 Å². The average molecular weight is 223 g/mol. The van der Waals surface area contributed by atoms with Crippen LogP contribution >= 0.6 is 0 Å². The minimum Gasteiger partial charge on any atom is -0.488 e. The van der Waals surface area contributed by atoms with Crippen molar-refractivity contribution in [2.45, 2.75) is 39.0 Å². The van der Waals surface area contributed by atoms with Crippen LogP contribution in [0.5, 0.6) is 5.75 Å². The molecule has 0 saturated carbocycles. The van der Waals surface area contributed by atoms with Gasteiger partial charge >= 0.3 is 0 Å². The maximum absolute atomic E-state index is 9.84. The van der Waals surface area contributed by atoms with E-state index in [1.165, 1.54) is 0 Å². The van der Waals surface area contributed by atoms with Gasteiger partial charge < -0.3 is 15.2 Å². The van der Waals surface area contributed by atoms with Crippen molar-refractivity contribution in [3.8, 4) is 5.75 Å². The molecule has 2 atom stereocenters. The number of nitrogens with one attached hydrogen (secondary N) is 1. The number of hydrogen-bond acceptors (Lipinski definition) is 3. The standard InChI is InChI=1S/C13H21NO2/c1-10(2)14-9-13(15)11(3)16-12-7-5-4-6-8-12/h4-8,10-11,13-15H,9H2,1-3H3. The SMILES string of the molecule is CC(C)NCC(O)C(C)Oc1ccccc1. The molecule has 1 rings (SSSR count). The number of aliphatic hydroxyl groups is 1. The lowest BCUT2D eigenvalue weighted by Crippen LogP contribution is -2.40. The van der Waals surface area contributed by atoms with Crippen LogP contribution in [0.25, 0.3) is 0 Å². The smallest absolute Gasteiger partial charge is 0.123 e. The Morgan fingerprint density at radius 2 is 1.81 bits per heavy atom. The Bertz CT molecular complexity index is 287. The molecular weight excluding hydrogens is 202 g/mol. The highest BCUT2D eigenvalue weighted by molar-refractivity contribution is 5.21. The Morgan fingerprint density at radius 1 is 1.19 bits per heavy atom. The summed E-state index contributed by atoms with van der Waals surface area (Å²) in [5, 5.41) is 13.0. The van der Waals surface area contributed by atoms with Crippen molar-refractivity contribution in [2.75, 3.05) is 6.54 Å². The van der Waals surface area contributed by atoms with E-state index in [1.54, 1.807) is 0 Å². The summed E-state index contributed by atoms with van der Waals surface area (Å²) in [6.07, 6.45) is -0.712. The van der Waals surface area contributed by atoms with Crippen LogP contribution in [0.3, 0.4) is 0 Å². The van der Waals surface area contributed by atoms with Crippen LogP contribution < -0.4 is 10.1 Å². The zero-order chi connectivity index (χ0) is 12.0. The van der Waals surface area contributed by atoms with Crippen LogP contribution in [0.4, 0.5) is 0 Å². The highest BCUT2D eigenvalue weighted by Gasteiger charge is 2.15. The van der Waals surface area contributed by atoms with Gasteiger partial charge in [0.05, 0.1) is 0 Å². The van der Waals surface area contributed by atoms with Crippen LogP contribution in [-0.2, 0) is 0 Å².